The van der Waals surface area contributed by atoms with Crippen molar-refractivity contribution >= 4 is 15.9 Å². The topological polar surface area (TPSA) is 26.0 Å². The third-order valence-electron chi connectivity index (χ3n) is 3.02. The van der Waals surface area contributed by atoms with Crippen LogP contribution in [0.15, 0.2) is 10.8 Å². The van der Waals surface area contributed by atoms with E-state index in [1.165, 1.54) is 25.7 Å². The Morgan fingerprint density at radius 1 is 1.54 bits per heavy atom. The summed E-state index contributed by atoms with van der Waals surface area (Å²) in [7, 11) is 0. The maximum absolute atomic E-state index is 5.50. The van der Waals surface area contributed by atoms with Crippen LogP contribution in [0.25, 0.3) is 0 Å². The van der Waals surface area contributed by atoms with E-state index in [1.807, 2.05) is 0 Å². The minimum Gasteiger partial charge on any atom is -0.448 e. The molecule has 0 saturated heterocycles. The number of hydrogen-bond donors (Lipinski definition) is 0. The van der Waals surface area contributed by atoms with Gasteiger partial charge in [-0.25, -0.2) is 4.98 Å². The van der Waals surface area contributed by atoms with Crippen LogP contribution in [0.5, 0.6) is 0 Å². The Morgan fingerprint density at radius 3 is 2.85 bits per heavy atom. The van der Waals surface area contributed by atoms with Gasteiger partial charge in [0.2, 0.25) is 0 Å². The van der Waals surface area contributed by atoms with Gasteiger partial charge in [-0.15, -0.1) is 0 Å². The molecule has 0 radical (unpaired) electrons. The zero-order chi connectivity index (χ0) is 9.31. The van der Waals surface area contributed by atoms with Gasteiger partial charge in [0, 0.05) is 10.7 Å². The number of oxazole rings is 1. The second kappa shape index (κ2) is 3.45. The molecule has 3 heteroatoms. The highest BCUT2D eigenvalue weighted by molar-refractivity contribution is 9.08. The summed E-state index contributed by atoms with van der Waals surface area (Å²) in [5.41, 5.74) is 1.32. The summed E-state index contributed by atoms with van der Waals surface area (Å²) >= 11 is 3.44. The number of nitrogens with zero attached hydrogens (tertiary/aromatic N) is 1. The first-order valence-electron chi connectivity index (χ1n) is 4.75. The van der Waals surface area contributed by atoms with Crippen LogP contribution in [-0.2, 0) is 10.7 Å². The van der Waals surface area contributed by atoms with Crippen molar-refractivity contribution in [2.75, 3.05) is 0 Å². The molecule has 1 heterocycles. The highest BCUT2D eigenvalue weighted by Crippen LogP contribution is 2.42. The van der Waals surface area contributed by atoms with E-state index in [0.717, 1.165) is 16.8 Å². The summed E-state index contributed by atoms with van der Waals surface area (Å²) in [4.78, 5) is 4.21. The van der Waals surface area contributed by atoms with Crippen LogP contribution in [-0.4, -0.2) is 4.98 Å². The molecule has 1 aliphatic rings. The van der Waals surface area contributed by atoms with Crippen molar-refractivity contribution in [3.05, 3.63) is 17.8 Å². The fourth-order valence-electron chi connectivity index (χ4n) is 2.24. The second-order valence-electron chi connectivity index (χ2n) is 4.03. The van der Waals surface area contributed by atoms with Crippen LogP contribution in [0.4, 0.5) is 0 Å². The lowest BCUT2D eigenvalue weighted by Crippen LogP contribution is -2.17. The second-order valence-corrected chi connectivity index (χ2v) is 4.59. The highest BCUT2D eigenvalue weighted by Gasteiger charge is 2.35. The molecule has 1 aliphatic carbocycles. The van der Waals surface area contributed by atoms with Gasteiger partial charge in [0.25, 0.3) is 0 Å². The van der Waals surface area contributed by atoms with Crippen LogP contribution in [0, 0.1) is 0 Å². The molecule has 0 unspecified atom stereocenters. The van der Waals surface area contributed by atoms with E-state index < -0.39 is 0 Å². The maximum Gasteiger partial charge on any atom is 0.181 e. The third-order valence-corrected chi connectivity index (χ3v) is 3.55. The summed E-state index contributed by atoms with van der Waals surface area (Å²) in [6, 6.07) is 0. The lowest BCUT2D eigenvalue weighted by Gasteiger charge is -2.20. The summed E-state index contributed by atoms with van der Waals surface area (Å²) in [6.45, 7) is 2.28. The number of alkyl halides is 1. The van der Waals surface area contributed by atoms with Crippen molar-refractivity contribution in [2.45, 2.75) is 43.4 Å². The van der Waals surface area contributed by atoms with E-state index in [0.29, 0.717) is 0 Å². The van der Waals surface area contributed by atoms with Gasteiger partial charge in [-0.1, -0.05) is 35.7 Å². The first-order chi connectivity index (χ1) is 6.26. The summed E-state index contributed by atoms with van der Waals surface area (Å²) < 4.78 is 5.50. The molecular formula is C10H14BrNO. The van der Waals surface area contributed by atoms with Crippen molar-refractivity contribution in [1.82, 2.24) is 4.98 Å². The molecule has 2 nitrogen and oxygen atoms in total. The number of aromatic nitrogens is 1. The van der Waals surface area contributed by atoms with Gasteiger partial charge in [-0.2, -0.15) is 0 Å². The molecule has 1 saturated carbocycles. The van der Waals surface area contributed by atoms with Gasteiger partial charge in [-0.05, 0) is 12.8 Å². The number of hydrogen-bond acceptors (Lipinski definition) is 2. The van der Waals surface area contributed by atoms with E-state index in [1.54, 1.807) is 6.39 Å². The Morgan fingerprint density at radius 2 is 2.23 bits per heavy atom. The molecule has 0 aromatic carbocycles. The molecule has 0 N–H and O–H groups in total. The molecule has 0 spiro atoms. The summed E-state index contributed by atoms with van der Waals surface area (Å²) in [6.07, 6.45) is 6.68. The van der Waals surface area contributed by atoms with Gasteiger partial charge in [0.05, 0.1) is 5.69 Å². The zero-order valence-corrected chi connectivity index (χ0v) is 9.43. The molecule has 1 aromatic heterocycles. The quantitative estimate of drug-likeness (QED) is 0.745. The SMILES string of the molecule is CC1(c2ocnc2CBr)CCCC1. The Labute approximate surface area is 86.9 Å². The molecule has 0 aliphatic heterocycles. The molecule has 0 bridgehead atoms. The largest absolute Gasteiger partial charge is 0.448 e. The minimum atomic E-state index is 0.250. The Bertz CT molecular complexity index is 289. The van der Waals surface area contributed by atoms with Gasteiger partial charge in [0.1, 0.15) is 5.76 Å². The van der Waals surface area contributed by atoms with E-state index in [4.69, 9.17) is 4.42 Å². The van der Waals surface area contributed by atoms with Gasteiger partial charge < -0.3 is 4.42 Å². The average Bonchev–Trinajstić information content (AvgIpc) is 2.72. The fraction of sp³-hybridized carbons (Fsp3) is 0.700. The van der Waals surface area contributed by atoms with Crippen molar-refractivity contribution in [2.24, 2.45) is 0 Å². The van der Waals surface area contributed by atoms with Gasteiger partial charge >= 0.3 is 0 Å². The molecule has 1 aromatic rings. The summed E-state index contributed by atoms with van der Waals surface area (Å²) in [5, 5.41) is 0.800. The molecule has 0 amide bonds. The fourth-order valence-corrected chi connectivity index (χ4v) is 2.64. The van der Waals surface area contributed by atoms with Crippen LogP contribution < -0.4 is 0 Å². The number of halogens is 1. The first-order valence-corrected chi connectivity index (χ1v) is 5.87. The maximum atomic E-state index is 5.50. The van der Waals surface area contributed by atoms with E-state index in [-0.39, 0.29) is 5.41 Å². The molecule has 1 fully saturated rings. The monoisotopic (exact) mass is 243 g/mol. The van der Waals surface area contributed by atoms with Crippen LogP contribution >= 0.6 is 15.9 Å². The van der Waals surface area contributed by atoms with E-state index in [9.17, 15) is 0 Å². The van der Waals surface area contributed by atoms with Crippen LogP contribution in [0.3, 0.4) is 0 Å². The Kier molecular flexibility index (Phi) is 2.45. The molecule has 2 rings (SSSR count). The van der Waals surface area contributed by atoms with Crippen LogP contribution in [0.2, 0.25) is 0 Å². The summed E-state index contributed by atoms with van der Waals surface area (Å²) in [5.74, 6) is 1.10. The van der Waals surface area contributed by atoms with Crippen molar-refractivity contribution in [3.63, 3.8) is 0 Å². The van der Waals surface area contributed by atoms with Gasteiger partial charge in [0.15, 0.2) is 6.39 Å². The van der Waals surface area contributed by atoms with Gasteiger partial charge in [-0.3, -0.25) is 0 Å². The van der Waals surface area contributed by atoms with Crippen molar-refractivity contribution < 1.29 is 4.42 Å². The zero-order valence-electron chi connectivity index (χ0n) is 7.85. The Hall–Kier alpha value is -0.310. The minimum absolute atomic E-state index is 0.250. The van der Waals surface area contributed by atoms with E-state index in [2.05, 4.69) is 27.8 Å². The predicted octanol–water partition coefficient (Wildman–Crippen LogP) is 3.40. The molecular weight excluding hydrogens is 230 g/mol. The number of rotatable bonds is 2. The van der Waals surface area contributed by atoms with E-state index >= 15 is 0 Å². The standard InChI is InChI=1S/C10H14BrNO/c1-10(4-2-3-5-10)9-8(6-11)12-7-13-9/h7H,2-6H2,1H3. The normalized spacial score (nSPS) is 20.8. The van der Waals surface area contributed by atoms with Crippen molar-refractivity contribution in [1.29, 1.82) is 0 Å². The molecule has 0 atom stereocenters. The highest BCUT2D eigenvalue weighted by atomic mass is 79.9. The predicted molar refractivity (Wildman–Crippen MR) is 55.0 cm³/mol. The Balaban J connectivity index is 2.32. The lowest BCUT2D eigenvalue weighted by atomic mass is 9.85. The first kappa shape index (κ1) is 9.25. The third kappa shape index (κ3) is 1.54. The van der Waals surface area contributed by atoms with Crippen molar-refractivity contribution in [3.8, 4) is 0 Å². The molecule has 13 heavy (non-hydrogen) atoms. The smallest absolute Gasteiger partial charge is 0.181 e. The molecule has 72 valence electrons. The average molecular weight is 244 g/mol. The lowest BCUT2D eigenvalue weighted by molar-refractivity contribution is 0.363. The van der Waals surface area contributed by atoms with Crippen LogP contribution in [0.1, 0.15) is 44.1 Å².